The number of aryl methyl sites for hydroxylation is 3. The van der Waals surface area contributed by atoms with Gasteiger partial charge in [-0.3, -0.25) is 9.97 Å². The Bertz CT molecular complexity index is 1350. The van der Waals surface area contributed by atoms with Crippen LogP contribution < -0.4 is 21.5 Å². The molecule has 3 aromatic heterocycles. The molecule has 0 atom stereocenters. The number of rotatable bonds is 3. The Balaban J connectivity index is 0.00000218. The minimum atomic E-state index is 0. The molecule has 0 saturated carbocycles. The van der Waals surface area contributed by atoms with E-state index < -0.39 is 0 Å². The number of aromatic nitrogens is 4. The first-order valence-corrected chi connectivity index (χ1v) is 9.87. The van der Waals surface area contributed by atoms with Gasteiger partial charge in [0, 0.05) is 23.2 Å². The summed E-state index contributed by atoms with van der Waals surface area (Å²) < 4.78 is 4.41. The second-order valence-electron chi connectivity index (χ2n) is 7.74. The standard InChI is InChI=1S/C25H23N4.BrH/c1-17-12-18(2)22(19(3)13-17)15-28-10-11-29(16-28)23-14-20-6-4-8-26-24(20)25-21(23)7-5-9-27-25;/h4-14,16H,15H2,1-3H3;1H/q+1;/p-1. The third-order valence-electron chi connectivity index (χ3n) is 5.59. The van der Waals surface area contributed by atoms with Crippen LogP contribution in [0.15, 0.2) is 73.6 Å². The molecule has 0 fully saturated rings. The van der Waals surface area contributed by atoms with Crippen molar-refractivity contribution in [3.63, 3.8) is 0 Å². The monoisotopic (exact) mass is 458 g/mol. The summed E-state index contributed by atoms with van der Waals surface area (Å²) in [6.07, 6.45) is 10.1. The van der Waals surface area contributed by atoms with E-state index in [1.165, 1.54) is 22.3 Å². The maximum absolute atomic E-state index is 4.62. The predicted octanol–water partition coefficient (Wildman–Crippen LogP) is 1.84. The number of benzene rings is 2. The lowest BCUT2D eigenvalue weighted by Gasteiger charge is -2.09. The molecule has 0 aliphatic carbocycles. The van der Waals surface area contributed by atoms with Crippen molar-refractivity contribution in [2.75, 3.05) is 0 Å². The molecule has 0 saturated heterocycles. The van der Waals surface area contributed by atoms with Crippen LogP contribution in [0.3, 0.4) is 0 Å². The topological polar surface area (TPSA) is 34.6 Å². The van der Waals surface area contributed by atoms with Crippen LogP contribution >= 0.6 is 0 Å². The van der Waals surface area contributed by atoms with E-state index in [0.29, 0.717) is 0 Å². The maximum atomic E-state index is 4.62. The van der Waals surface area contributed by atoms with Crippen LogP contribution in [0.5, 0.6) is 0 Å². The molecule has 0 N–H and O–H groups in total. The summed E-state index contributed by atoms with van der Waals surface area (Å²) in [5.41, 5.74) is 8.37. The Kier molecular flexibility index (Phi) is 5.39. The van der Waals surface area contributed by atoms with Crippen molar-refractivity contribution in [1.82, 2.24) is 14.5 Å². The van der Waals surface area contributed by atoms with Gasteiger partial charge in [0.2, 0.25) is 6.33 Å². The lowest BCUT2D eigenvalue weighted by atomic mass is 10.00. The van der Waals surface area contributed by atoms with Gasteiger partial charge in [-0.2, -0.15) is 0 Å². The first-order valence-electron chi connectivity index (χ1n) is 9.87. The number of hydrogen-bond acceptors (Lipinski definition) is 2. The van der Waals surface area contributed by atoms with Crippen molar-refractivity contribution in [2.45, 2.75) is 27.3 Å². The molecule has 0 bridgehead atoms. The molecule has 0 aliphatic heterocycles. The van der Waals surface area contributed by atoms with Crippen LogP contribution in [0, 0.1) is 20.8 Å². The van der Waals surface area contributed by atoms with Gasteiger partial charge < -0.3 is 17.0 Å². The van der Waals surface area contributed by atoms with Crippen molar-refractivity contribution < 1.29 is 21.5 Å². The molecule has 0 amide bonds. The van der Waals surface area contributed by atoms with Crippen molar-refractivity contribution >= 4 is 21.8 Å². The van der Waals surface area contributed by atoms with Gasteiger partial charge in [-0.05, 0) is 61.7 Å². The fourth-order valence-electron chi connectivity index (χ4n) is 4.24. The van der Waals surface area contributed by atoms with E-state index >= 15 is 0 Å². The molecule has 0 unspecified atom stereocenters. The number of imidazole rings is 1. The molecule has 5 rings (SSSR count). The molecular weight excluding hydrogens is 436 g/mol. The van der Waals surface area contributed by atoms with Gasteiger partial charge in [-0.1, -0.05) is 23.8 Å². The minimum Gasteiger partial charge on any atom is -1.00 e. The second kappa shape index (κ2) is 8.00. The number of nitrogens with zero attached hydrogens (tertiary/aromatic N) is 4. The van der Waals surface area contributed by atoms with Gasteiger partial charge in [-0.15, -0.1) is 0 Å². The Hall–Kier alpha value is -3.05. The first-order chi connectivity index (χ1) is 14.1. The minimum absolute atomic E-state index is 0. The highest BCUT2D eigenvalue weighted by atomic mass is 79.9. The number of fused-ring (bicyclic) bond motifs is 3. The Labute approximate surface area is 186 Å². The molecule has 3 heterocycles. The summed E-state index contributed by atoms with van der Waals surface area (Å²) in [4.78, 5) is 9.17. The van der Waals surface area contributed by atoms with Gasteiger partial charge in [0.1, 0.15) is 30.1 Å². The molecule has 5 heteroatoms. The zero-order valence-electron chi connectivity index (χ0n) is 17.3. The Morgan fingerprint density at radius 3 is 2.37 bits per heavy atom. The highest BCUT2D eigenvalue weighted by Gasteiger charge is 2.15. The summed E-state index contributed by atoms with van der Waals surface area (Å²) in [6, 6.07) is 14.9. The van der Waals surface area contributed by atoms with Crippen LogP contribution in [0.2, 0.25) is 0 Å². The Morgan fingerprint density at radius 1 is 0.900 bits per heavy atom. The lowest BCUT2D eigenvalue weighted by Crippen LogP contribution is -3.00. The molecule has 150 valence electrons. The van der Waals surface area contributed by atoms with Gasteiger partial charge in [0.05, 0.1) is 5.52 Å². The third-order valence-corrected chi connectivity index (χ3v) is 5.59. The molecular formula is C25H23BrN4. The van der Waals surface area contributed by atoms with E-state index in [1.54, 1.807) is 0 Å². The summed E-state index contributed by atoms with van der Waals surface area (Å²) in [5, 5.41) is 2.20. The number of halogens is 1. The quantitative estimate of drug-likeness (QED) is 0.305. The van der Waals surface area contributed by atoms with Crippen molar-refractivity contribution in [1.29, 1.82) is 0 Å². The molecule has 0 radical (unpaired) electrons. The second-order valence-corrected chi connectivity index (χ2v) is 7.74. The summed E-state index contributed by atoms with van der Waals surface area (Å²) in [7, 11) is 0. The van der Waals surface area contributed by atoms with Crippen LogP contribution in [-0.2, 0) is 6.54 Å². The fraction of sp³-hybridized carbons (Fsp3) is 0.160. The predicted molar refractivity (Wildman–Crippen MR) is 116 cm³/mol. The fourth-order valence-corrected chi connectivity index (χ4v) is 4.24. The highest BCUT2D eigenvalue weighted by molar-refractivity contribution is 6.06. The van der Waals surface area contributed by atoms with Gasteiger partial charge in [0.15, 0.2) is 0 Å². The molecule has 5 aromatic rings. The van der Waals surface area contributed by atoms with Crippen LogP contribution in [0.1, 0.15) is 22.3 Å². The van der Waals surface area contributed by atoms with Gasteiger partial charge in [-0.25, -0.2) is 9.13 Å². The molecule has 4 nitrogen and oxygen atoms in total. The van der Waals surface area contributed by atoms with Gasteiger partial charge in [0.25, 0.3) is 0 Å². The molecule has 0 aliphatic rings. The highest BCUT2D eigenvalue weighted by Crippen LogP contribution is 2.28. The SMILES string of the molecule is Cc1cc(C)c(C[n+]2ccn(-c3cc4cccnc4c4ncccc34)c2)c(C)c1.[Br-]. The van der Waals surface area contributed by atoms with Crippen molar-refractivity contribution in [3.8, 4) is 5.69 Å². The van der Waals surface area contributed by atoms with Gasteiger partial charge >= 0.3 is 0 Å². The normalized spacial score (nSPS) is 11.0. The average Bonchev–Trinajstić information content (AvgIpc) is 3.18. The zero-order chi connectivity index (χ0) is 20.0. The lowest BCUT2D eigenvalue weighted by molar-refractivity contribution is -0.687. The van der Waals surface area contributed by atoms with Crippen LogP contribution in [0.4, 0.5) is 0 Å². The van der Waals surface area contributed by atoms with Crippen molar-refractivity contribution in [3.05, 3.63) is 95.8 Å². The van der Waals surface area contributed by atoms with Crippen LogP contribution in [-0.4, -0.2) is 14.5 Å². The van der Waals surface area contributed by atoms with E-state index in [0.717, 1.165) is 34.0 Å². The van der Waals surface area contributed by atoms with E-state index in [2.05, 4.69) is 88.9 Å². The number of pyridine rings is 2. The van der Waals surface area contributed by atoms with E-state index in [9.17, 15) is 0 Å². The zero-order valence-corrected chi connectivity index (χ0v) is 18.9. The van der Waals surface area contributed by atoms with E-state index in [1.807, 2.05) is 24.5 Å². The first kappa shape index (κ1) is 20.2. The molecule has 0 spiro atoms. The molecule has 2 aromatic carbocycles. The van der Waals surface area contributed by atoms with Crippen LogP contribution in [0.25, 0.3) is 27.5 Å². The van der Waals surface area contributed by atoms with E-state index in [4.69, 9.17) is 0 Å². The summed E-state index contributed by atoms with van der Waals surface area (Å²) in [6.45, 7) is 7.40. The average molecular weight is 459 g/mol. The largest absolute Gasteiger partial charge is 1.00 e. The Morgan fingerprint density at radius 2 is 1.60 bits per heavy atom. The summed E-state index contributed by atoms with van der Waals surface area (Å²) in [5.74, 6) is 0. The third kappa shape index (κ3) is 3.50. The van der Waals surface area contributed by atoms with Crippen molar-refractivity contribution in [2.24, 2.45) is 0 Å². The maximum Gasteiger partial charge on any atom is 0.249 e. The smallest absolute Gasteiger partial charge is 0.249 e. The number of hydrogen-bond donors (Lipinski definition) is 0. The molecule has 30 heavy (non-hydrogen) atoms. The van der Waals surface area contributed by atoms with E-state index in [-0.39, 0.29) is 17.0 Å². The summed E-state index contributed by atoms with van der Waals surface area (Å²) >= 11 is 0.